The van der Waals surface area contributed by atoms with Crippen molar-refractivity contribution in [3.63, 3.8) is 0 Å². The molecular weight excluding hydrogens is 556 g/mol. The summed E-state index contributed by atoms with van der Waals surface area (Å²) in [6.07, 6.45) is 11.1. The summed E-state index contributed by atoms with van der Waals surface area (Å²) in [5.74, 6) is 3.85. The van der Waals surface area contributed by atoms with Gasteiger partial charge in [0.2, 0.25) is 17.6 Å². The van der Waals surface area contributed by atoms with Crippen molar-refractivity contribution in [2.24, 2.45) is 17.8 Å². The van der Waals surface area contributed by atoms with E-state index in [2.05, 4.69) is 61.8 Å². The van der Waals surface area contributed by atoms with Crippen LogP contribution in [0.3, 0.4) is 0 Å². The highest BCUT2D eigenvalue weighted by atomic mass is 16.5. The zero-order valence-electron chi connectivity index (χ0n) is 25.5. The minimum Gasteiger partial charge on any atom is -0.377 e. The van der Waals surface area contributed by atoms with Crippen LogP contribution in [0.25, 0.3) is 22.8 Å². The maximum Gasteiger partial charge on any atom is 0.439 e. The van der Waals surface area contributed by atoms with Gasteiger partial charge in [-0.1, -0.05) is 61.7 Å². The van der Waals surface area contributed by atoms with Crippen LogP contribution in [-0.2, 0) is 11.3 Å². The lowest BCUT2D eigenvalue weighted by molar-refractivity contribution is 0.0927. The molecule has 8 rings (SSSR count). The van der Waals surface area contributed by atoms with Gasteiger partial charge in [-0.2, -0.15) is 4.98 Å². The number of anilines is 2. The summed E-state index contributed by atoms with van der Waals surface area (Å²) in [6.45, 7) is 6.21. The van der Waals surface area contributed by atoms with Crippen LogP contribution < -0.4 is 15.6 Å². The smallest absolute Gasteiger partial charge is 0.377 e. The number of imidazole rings is 1. The van der Waals surface area contributed by atoms with Gasteiger partial charge in [-0.05, 0) is 61.8 Å². The van der Waals surface area contributed by atoms with Gasteiger partial charge in [0.25, 0.3) is 0 Å². The molecule has 3 aromatic heterocycles. The molecule has 0 bridgehead atoms. The summed E-state index contributed by atoms with van der Waals surface area (Å²) in [4.78, 5) is 35.0. The van der Waals surface area contributed by atoms with E-state index in [4.69, 9.17) is 24.2 Å². The molecule has 4 aliphatic rings. The van der Waals surface area contributed by atoms with Crippen molar-refractivity contribution >= 4 is 22.9 Å². The molecule has 0 amide bonds. The van der Waals surface area contributed by atoms with Crippen molar-refractivity contribution in [2.75, 3.05) is 36.1 Å². The normalized spacial score (nSPS) is 26.4. The van der Waals surface area contributed by atoms with E-state index in [1.807, 2.05) is 0 Å². The molecule has 11 heteroatoms. The fourth-order valence-electron chi connectivity index (χ4n) is 7.96. The van der Waals surface area contributed by atoms with Gasteiger partial charge in [-0.25, -0.2) is 14.8 Å². The Morgan fingerprint density at radius 2 is 1.77 bits per heavy atom. The Bertz CT molecular complexity index is 1650. The fourth-order valence-corrected chi connectivity index (χ4v) is 7.96. The standard InChI is InChI=1S/C33H42N8O3/c1-21-12-14-22(15-13-21)19-41-27-28(36-32(41)40-17-18-43-20-26(40)24-7-3-2-4-8-24)34-29(30-37-33(42)44-38-30)35-31(27)39-16-6-11-25(39)23-9-5-10-23/h2-4,7-8,21-23,25-26H,5-6,9-20H2,1H3,(H,37,38,42)/t21?,22?,25?,26-/m0/s1. The lowest BCUT2D eigenvalue weighted by atomic mass is 9.79. The molecule has 2 atom stereocenters. The average molecular weight is 599 g/mol. The third-order valence-corrected chi connectivity index (χ3v) is 10.6. The van der Waals surface area contributed by atoms with Crippen LogP contribution in [0, 0.1) is 17.8 Å². The predicted octanol–water partition coefficient (Wildman–Crippen LogP) is 5.34. The Morgan fingerprint density at radius 3 is 2.52 bits per heavy atom. The number of rotatable bonds is 7. The minimum absolute atomic E-state index is 0.0455. The molecule has 44 heavy (non-hydrogen) atoms. The third kappa shape index (κ3) is 5.08. The minimum atomic E-state index is -0.615. The number of aromatic nitrogens is 6. The Hall–Kier alpha value is -3.73. The highest BCUT2D eigenvalue weighted by Crippen LogP contribution is 2.43. The van der Waals surface area contributed by atoms with Crippen molar-refractivity contribution in [3.05, 3.63) is 46.4 Å². The molecule has 5 heterocycles. The monoisotopic (exact) mass is 598 g/mol. The number of morpholine rings is 1. The van der Waals surface area contributed by atoms with Gasteiger partial charge in [0.15, 0.2) is 11.5 Å². The molecule has 0 spiro atoms. The van der Waals surface area contributed by atoms with Gasteiger partial charge < -0.3 is 19.1 Å². The molecule has 1 aromatic carbocycles. The maximum atomic E-state index is 11.9. The number of aromatic amines is 1. The van der Waals surface area contributed by atoms with Crippen LogP contribution in [-0.4, -0.2) is 62.0 Å². The van der Waals surface area contributed by atoms with Crippen LogP contribution >= 0.6 is 0 Å². The van der Waals surface area contributed by atoms with Crippen LogP contribution in [0.15, 0.2) is 39.6 Å². The first-order chi connectivity index (χ1) is 21.6. The molecule has 1 unspecified atom stereocenters. The molecule has 2 saturated heterocycles. The summed E-state index contributed by atoms with van der Waals surface area (Å²) in [5, 5.41) is 3.97. The van der Waals surface area contributed by atoms with Gasteiger partial charge in [-0.3, -0.25) is 9.51 Å². The van der Waals surface area contributed by atoms with Crippen molar-refractivity contribution < 1.29 is 9.26 Å². The van der Waals surface area contributed by atoms with E-state index in [0.717, 1.165) is 49.3 Å². The number of benzene rings is 1. The summed E-state index contributed by atoms with van der Waals surface area (Å²) in [6, 6.07) is 11.1. The highest BCUT2D eigenvalue weighted by molar-refractivity contribution is 5.88. The van der Waals surface area contributed by atoms with E-state index in [9.17, 15) is 4.79 Å². The molecule has 4 fully saturated rings. The van der Waals surface area contributed by atoms with E-state index in [-0.39, 0.29) is 11.9 Å². The Kier molecular flexibility index (Phi) is 7.36. The zero-order valence-corrected chi connectivity index (χ0v) is 25.5. The van der Waals surface area contributed by atoms with Crippen LogP contribution in [0.5, 0.6) is 0 Å². The van der Waals surface area contributed by atoms with Crippen LogP contribution in [0.4, 0.5) is 11.8 Å². The summed E-state index contributed by atoms with van der Waals surface area (Å²) in [5.41, 5.74) is 2.86. The zero-order chi connectivity index (χ0) is 29.6. The Balaban J connectivity index is 1.31. The Labute approximate surface area is 257 Å². The van der Waals surface area contributed by atoms with Gasteiger partial charge in [-0.15, -0.1) is 0 Å². The first kappa shape index (κ1) is 27.8. The first-order valence-corrected chi connectivity index (χ1v) is 16.6. The molecule has 11 nitrogen and oxygen atoms in total. The van der Waals surface area contributed by atoms with Crippen molar-refractivity contribution in [1.82, 2.24) is 29.7 Å². The molecule has 2 aliphatic carbocycles. The number of fused-ring (bicyclic) bond motifs is 1. The Morgan fingerprint density at radius 1 is 0.932 bits per heavy atom. The number of nitrogens with zero attached hydrogens (tertiary/aromatic N) is 7. The molecule has 1 N–H and O–H groups in total. The van der Waals surface area contributed by atoms with Gasteiger partial charge in [0, 0.05) is 25.7 Å². The number of nitrogens with one attached hydrogen (secondary N) is 1. The lowest BCUT2D eigenvalue weighted by Gasteiger charge is -2.38. The second kappa shape index (κ2) is 11.6. The van der Waals surface area contributed by atoms with Gasteiger partial charge in [0.05, 0.1) is 19.3 Å². The van der Waals surface area contributed by atoms with Crippen LogP contribution in [0.2, 0.25) is 0 Å². The largest absolute Gasteiger partial charge is 0.439 e. The third-order valence-electron chi connectivity index (χ3n) is 10.6. The fraction of sp³-hybridized carbons (Fsp3) is 0.606. The van der Waals surface area contributed by atoms with Crippen LogP contribution in [0.1, 0.15) is 76.3 Å². The molecule has 2 saturated carbocycles. The summed E-state index contributed by atoms with van der Waals surface area (Å²) < 4.78 is 13.4. The van der Waals surface area contributed by atoms with E-state index in [1.165, 1.54) is 56.9 Å². The van der Waals surface area contributed by atoms with Crippen molar-refractivity contribution in [2.45, 2.75) is 83.3 Å². The SMILES string of the molecule is CC1CCC(Cn2c(N3CCOC[C@H]3c3ccccc3)nc3nc(-c4noc(=O)[nH]4)nc(N4CCCC4C4CCC4)c32)CC1. The van der Waals surface area contributed by atoms with Crippen molar-refractivity contribution in [3.8, 4) is 11.6 Å². The number of ether oxygens (including phenoxy) is 1. The average Bonchev–Trinajstić information content (AvgIpc) is 3.77. The van der Waals surface area contributed by atoms with Gasteiger partial charge >= 0.3 is 5.76 Å². The quantitative estimate of drug-likeness (QED) is 0.301. The summed E-state index contributed by atoms with van der Waals surface area (Å²) >= 11 is 0. The van der Waals surface area contributed by atoms with E-state index in [1.54, 1.807) is 0 Å². The summed E-state index contributed by atoms with van der Waals surface area (Å²) in [7, 11) is 0. The van der Waals surface area contributed by atoms with E-state index >= 15 is 0 Å². The van der Waals surface area contributed by atoms with Gasteiger partial charge in [0.1, 0.15) is 5.52 Å². The van der Waals surface area contributed by atoms with E-state index < -0.39 is 5.76 Å². The molecule has 2 aliphatic heterocycles. The van der Waals surface area contributed by atoms with Crippen molar-refractivity contribution in [1.29, 1.82) is 0 Å². The maximum absolute atomic E-state index is 11.9. The second-order valence-electron chi connectivity index (χ2n) is 13.4. The first-order valence-electron chi connectivity index (χ1n) is 16.6. The highest BCUT2D eigenvalue weighted by Gasteiger charge is 2.39. The molecule has 232 valence electrons. The second-order valence-corrected chi connectivity index (χ2v) is 13.4. The molecular formula is C33H42N8O3. The number of H-pyrrole nitrogens is 1. The number of hydrogen-bond acceptors (Lipinski definition) is 9. The number of hydrogen-bond donors (Lipinski definition) is 1. The topological polar surface area (TPSA) is 118 Å². The molecule has 4 aromatic rings. The lowest BCUT2D eigenvalue weighted by Crippen LogP contribution is -2.41. The molecule has 0 radical (unpaired) electrons. The predicted molar refractivity (Wildman–Crippen MR) is 168 cm³/mol. The van der Waals surface area contributed by atoms with E-state index in [0.29, 0.717) is 42.6 Å².